The number of fused-ring (bicyclic) bond motifs is 1. The summed E-state index contributed by atoms with van der Waals surface area (Å²) >= 11 is 5.82. The van der Waals surface area contributed by atoms with E-state index in [-0.39, 0.29) is 29.3 Å². The number of amides is 1. The number of nitrogens with one attached hydrogen (secondary N) is 1. The SMILES string of the molecule is O=C(NC1CCC(Cn2c(=O)n(-c3ccc(CCCO)nc3)c3ccccc32)CC1)c1cc(Cl)cnc1C(F)(F)F. The molecule has 0 spiro atoms. The van der Waals surface area contributed by atoms with E-state index in [1.807, 2.05) is 36.4 Å². The fourth-order valence-electron chi connectivity index (χ4n) is 5.44. The summed E-state index contributed by atoms with van der Waals surface area (Å²) in [7, 11) is 0. The molecule has 1 aliphatic rings. The lowest BCUT2D eigenvalue weighted by Crippen LogP contribution is -2.39. The number of alkyl halides is 3. The summed E-state index contributed by atoms with van der Waals surface area (Å²) in [6.45, 7) is 0.564. The Hall–Kier alpha value is -3.70. The zero-order chi connectivity index (χ0) is 29.1. The number of carbonyl (C=O) groups is 1. The molecule has 2 N–H and O–H groups in total. The first kappa shape index (κ1) is 28.8. The van der Waals surface area contributed by atoms with Crippen LogP contribution in [-0.4, -0.2) is 42.8 Å². The van der Waals surface area contributed by atoms with E-state index in [2.05, 4.69) is 15.3 Å². The third-order valence-corrected chi connectivity index (χ3v) is 7.69. The maximum Gasteiger partial charge on any atom is 0.434 e. The molecule has 0 radical (unpaired) electrons. The van der Waals surface area contributed by atoms with Gasteiger partial charge < -0.3 is 10.4 Å². The number of imidazole rings is 1. The van der Waals surface area contributed by atoms with Gasteiger partial charge in [-0.3, -0.25) is 18.9 Å². The number of aliphatic hydroxyl groups excluding tert-OH is 1. The van der Waals surface area contributed by atoms with Gasteiger partial charge in [0.15, 0.2) is 5.69 Å². The Morgan fingerprint density at radius 1 is 1.05 bits per heavy atom. The maximum absolute atomic E-state index is 13.6. The van der Waals surface area contributed by atoms with Crippen LogP contribution in [0.5, 0.6) is 0 Å². The van der Waals surface area contributed by atoms with Crippen molar-refractivity contribution in [3.63, 3.8) is 0 Å². The average Bonchev–Trinajstić information content (AvgIpc) is 3.23. The Morgan fingerprint density at radius 2 is 1.78 bits per heavy atom. The first-order valence-corrected chi connectivity index (χ1v) is 13.8. The minimum absolute atomic E-state index is 0.0510. The number of aryl methyl sites for hydroxylation is 1. The standard InChI is InChI=1S/C29H29ClF3N5O3/c30-19-14-23(26(35-15-19)29(31,32)33)27(40)36-21-9-7-18(8-10-21)17-37-24-5-1-2-6-25(24)38(28(37)41)22-12-11-20(34-16-22)4-3-13-39/h1-2,5-6,11-12,14-16,18,21,39H,3-4,7-10,13,17H2,(H,36,40). The molecule has 0 bridgehead atoms. The third-order valence-electron chi connectivity index (χ3n) is 7.48. The highest BCUT2D eigenvalue weighted by Gasteiger charge is 2.38. The van der Waals surface area contributed by atoms with Crippen LogP contribution >= 0.6 is 11.6 Å². The Kier molecular flexibility index (Phi) is 8.46. The van der Waals surface area contributed by atoms with Crippen molar-refractivity contribution in [2.45, 2.75) is 57.3 Å². The largest absolute Gasteiger partial charge is 0.434 e. The van der Waals surface area contributed by atoms with Crippen molar-refractivity contribution in [2.75, 3.05) is 6.61 Å². The van der Waals surface area contributed by atoms with Gasteiger partial charge in [-0.15, -0.1) is 0 Å². The van der Waals surface area contributed by atoms with Gasteiger partial charge in [-0.1, -0.05) is 23.7 Å². The van der Waals surface area contributed by atoms with Crippen LogP contribution in [0, 0.1) is 5.92 Å². The molecular weight excluding hydrogens is 559 g/mol. The summed E-state index contributed by atoms with van der Waals surface area (Å²) in [5, 5.41) is 11.7. The molecule has 8 nitrogen and oxygen atoms in total. The quantitative estimate of drug-likeness (QED) is 0.296. The van der Waals surface area contributed by atoms with Crippen LogP contribution in [0.2, 0.25) is 5.02 Å². The summed E-state index contributed by atoms with van der Waals surface area (Å²) in [5.74, 6) is -0.705. The normalized spacial score (nSPS) is 17.6. The molecule has 1 aliphatic carbocycles. The molecule has 4 aromatic rings. The van der Waals surface area contributed by atoms with Crippen molar-refractivity contribution >= 4 is 28.5 Å². The molecular formula is C29H29ClF3N5O3. The van der Waals surface area contributed by atoms with Crippen molar-refractivity contribution in [2.24, 2.45) is 5.92 Å². The number of carbonyl (C=O) groups excluding carboxylic acids is 1. The summed E-state index contributed by atoms with van der Waals surface area (Å²) in [6, 6.07) is 11.9. The molecule has 1 saturated carbocycles. The van der Waals surface area contributed by atoms with Gasteiger partial charge in [-0.25, -0.2) is 9.78 Å². The zero-order valence-electron chi connectivity index (χ0n) is 22.1. The van der Waals surface area contributed by atoms with Crippen LogP contribution < -0.4 is 11.0 Å². The number of hydrogen-bond acceptors (Lipinski definition) is 5. The number of hydrogen-bond donors (Lipinski definition) is 2. The third kappa shape index (κ3) is 6.31. The van der Waals surface area contributed by atoms with Crippen LogP contribution in [0.3, 0.4) is 0 Å². The van der Waals surface area contributed by atoms with E-state index in [1.54, 1.807) is 15.3 Å². The Bertz CT molecular complexity index is 1590. The van der Waals surface area contributed by atoms with Crippen LogP contribution in [0.4, 0.5) is 13.2 Å². The lowest BCUT2D eigenvalue weighted by atomic mass is 9.85. The second-order valence-electron chi connectivity index (χ2n) is 10.3. The molecule has 5 rings (SSSR count). The Labute approximate surface area is 238 Å². The number of aliphatic hydroxyl groups is 1. The van der Waals surface area contributed by atoms with E-state index in [0.717, 1.165) is 29.0 Å². The van der Waals surface area contributed by atoms with Gasteiger partial charge in [-0.05, 0) is 74.8 Å². The average molecular weight is 588 g/mol. The predicted octanol–water partition coefficient (Wildman–Crippen LogP) is 5.17. The molecule has 0 saturated heterocycles. The van der Waals surface area contributed by atoms with E-state index in [0.29, 0.717) is 50.8 Å². The van der Waals surface area contributed by atoms with Gasteiger partial charge in [0, 0.05) is 31.1 Å². The van der Waals surface area contributed by atoms with Gasteiger partial charge in [0.1, 0.15) is 0 Å². The second-order valence-corrected chi connectivity index (χ2v) is 10.7. The molecule has 0 atom stereocenters. The number of pyridine rings is 2. The highest BCUT2D eigenvalue weighted by Crippen LogP contribution is 2.32. The van der Waals surface area contributed by atoms with Gasteiger partial charge in [0.05, 0.1) is 33.5 Å². The lowest BCUT2D eigenvalue weighted by Gasteiger charge is -2.29. The Morgan fingerprint density at radius 3 is 2.44 bits per heavy atom. The van der Waals surface area contributed by atoms with E-state index >= 15 is 0 Å². The van der Waals surface area contributed by atoms with Gasteiger partial charge in [0.2, 0.25) is 0 Å². The summed E-state index contributed by atoms with van der Waals surface area (Å²) < 4.78 is 43.5. The van der Waals surface area contributed by atoms with Crippen LogP contribution in [-0.2, 0) is 19.1 Å². The number of aromatic nitrogens is 4. The number of halogens is 4. The van der Waals surface area contributed by atoms with Gasteiger partial charge in [0.25, 0.3) is 5.91 Å². The van der Waals surface area contributed by atoms with Crippen molar-refractivity contribution in [1.29, 1.82) is 0 Å². The molecule has 3 heterocycles. The molecule has 1 aromatic carbocycles. The summed E-state index contributed by atoms with van der Waals surface area (Å²) in [6.07, 6.45) is 1.54. The topological polar surface area (TPSA) is 102 Å². The Balaban J connectivity index is 1.29. The van der Waals surface area contributed by atoms with E-state index in [1.165, 1.54) is 0 Å². The fourth-order valence-corrected chi connectivity index (χ4v) is 5.60. The monoisotopic (exact) mass is 587 g/mol. The second kappa shape index (κ2) is 12.0. The first-order chi connectivity index (χ1) is 19.7. The molecule has 41 heavy (non-hydrogen) atoms. The van der Waals surface area contributed by atoms with Gasteiger partial charge in [-0.2, -0.15) is 13.2 Å². The summed E-state index contributed by atoms with van der Waals surface area (Å²) in [4.78, 5) is 34.1. The van der Waals surface area contributed by atoms with E-state index in [4.69, 9.17) is 16.7 Å². The lowest BCUT2D eigenvalue weighted by molar-refractivity contribution is -0.141. The van der Waals surface area contributed by atoms with Crippen LogP contribution in [0.1, 0.15) is 53.8 Å². The molecule has 12 heteroatoms. The predicted molar refractivity (Wildman–Crippen MR) is 148 cm³/mol. The van der Waals surface area contributed by atoms with E-state index in [9.17, 15) is 22.8 Å². The highest BCUT2D eigenvalue weighted by molar-refractivity contribution is 6.30. The minimum Gasteiger partial charge on any atom is -0.396 e. The maximum atomic E-state index is 13.6. The number of para-hydroxylation sites is 2. The van der Waals surface area contributed by atoms with Crippen LogP contribution in [0.15, 0.2) is 59.7 Å². The first-order valence-electron chi connectivity index (χ1n) is 13.5. The number of rotatable bonds is 8. The molecule has 1 fully saturated rings. The van der Waals surface area contributed by atoms with Crippen molar-refractivity contribution in [3.05, 3.63) is 87.3 Å². The van der Waals surface area contributed by atoms with Crippen LogP contribution in [0.25, 0.3) is 16.7 Å². The molecule has 3 aromatic heterocycles. The summed E-state index contributed by atoms with van der Waals surface area (Å²) in [5.41, 5.74) is 1.01. The van der Waals surface area contributed by atoms with Gasteiger partial charge >= 0.3 is 11.9 Å². The van der Waals surface area contributed by atoms with Crippen molar-refractivity contribution in [1.82, 2.24) is 24.4 Å². The molecule has 1 amide bonds. The molecule has 0 aliphatic heterocycles. The highest BCUT2D eigenvalue weighted by atomic mass is 35.5. The smallest absolute Gasteiger partial charge is 0.396 e. The van der Waals surface area contributed by atoms with Crippen molar-refractivity contribution in [3.8, 4) is 5.69 Å². The number of nitrogens with zero attached hydrogens (tertiary/aromatic N) is 4. The van der Waals surface area contributed by atoms with E-state index < -0.39 is 23.3 Å². The number of benzene rings is 1. The fraction of sp³-hybridized carbons (Fsp3) is 0.379. The molecule has 216 valence electrons. The minimum atomic E-state index is -4.78. The zero-order valence-corrected chi connectivity index (χ0v) is 22.8. The van der Waals surface area contributed by atoms with Crippen molar-refractivity contribution < 1.29 is 23.1 Å². The molecule has 0 unspecified atom stereocenters.